The fraction of sp³-hybridized carbons (Fsp3) is 0.421. The molecular weight excluding hydrogens is 399 g/mol. The molecule has 1 aromatic rings. The zero-order valence-corrected chi connectivity index (χ0v) is 17.3. The molecule has 1 aliphatic heterocycles. The van der Waals surface area contributed by atoms with Crippen molar-refractivity contribution in [1.82, 2.24) is 9.80 Å². The second kappa shape index (κ2) is 10.6. The molecule has 0 atom stereocenters. The molecule has 1 aliphatic rings. The maximum Gasteiger partial charge on any atom is 0.409 e. The lowest BCUT2D eigenvalue weighted by Crippen LogP contribution is -2.50. The summed E-state index contributed by atoms with van der Waals surface area (Å²) >= 11 is 5.37. The normalized spacial score (nSPS) is 14.7. The van der Waals surface area contributed by atoms with Crippen LogP contribution < -0.4 is 11.1 Å². The largest absolute Gasteiger partial charge is 0.462 e. The Morgan fingerprint density at radius 1 is 1.07 bits per heavy atom. The van der Waals surface area contributed by atoms with E-state index in [1.807, 2.05) is 0 Å². The van der Waals surface area contributed by atoms with Crippen molar-refractivity contribution in [2.24, 2.45) is 5.73 Å². The first kappa shape index (κ1) is 22.4. The number of halogens is 1. The van der Waals surface area contributed by atoms with Crippen LogP contribution in [0.2, 0.25) is 0 Å². The molecule has 0 saturated carbocycles. The Kier molecular flexibility index (Phi) is 8.20. The second-order valence-electron chi connectivity index (χ2n) is 6.11. The van der Waals surface area contributed by atoms with Crippen LogP contribution in [0.25, 0.3) is 0 Å². The highest BCUT2D eigenvalue weighted by Crippen LogP contribution is 2.16. The van der Waals surface area contributed by atoms with Crippen LogP contribution in [0.1, 0.15) is 13.8 Å². The number of thiocarbonyl (C=S) groups is 1. The maximum atomic E-state index is 13.1. The van der Waals surface area contributed by atoms with Gasteiger partial charge in [-0.1, -0.05) is 12.2 Å². The zero-order chi connectivity index (χ0) is 21.4. The van der Waals surface area contributed by atoms with E-state index in [0.717, 1.165) is 0 Å². The standard InChI is InChI=1S/C19H25FN4O4S/c1-3-27-18(25)15(17(29)22-14-7-5-13(20)6-8-14)16(21)23-9-11-24(12-10-23)19(26)28-4-2/h5-8H,3-4,9-12,21H2,1-2H3,(H,22,29)/b16-15-. The van der Waals surface area contributed by atoms with Gasteiger partial charge in [-0.15, -0.1) is 0 Å². The van der Waals surface area contributed by atoms with Gasteiger partial charge in [0.15, 0.2) is 0 Å². The van der Waals surface area contributed by atoms with E-state index in [0.29, 0.717) is 38.5 Å². The Morgan fingerprint density at radius 3 is 2.17 bits per heavy atom. The van der Waals surface area contributed by atoms with Gasteiger partial charge in [0.2, 0.25) is 0 Å². The molecule has 1 heterocycles. The minimum Gasteiger partial charge on any atom is -0.462 e. The van der Waals surface area contributed by atoms with Gasteiger partial charge in [-0.3, -0.25) is 0 Å². The molecule has 1 amide bonds. The summed E-state index contributed by atoms with van der Waals surface area (Å²) in [6.45, 7) is 5.50. The van der Waals surface area contributed by atoms with E-state index in [4.69, 9.17) is 27.4 Å². The summed E-state index contributed by atoms with van der Waals surface area (Å²) in [5.41, 5.74) is 6.80. The number of amides is 1. The third-order valence-electron chi connectivity index (χ3n) is 4.21. The average Bonchev–Trinajstić information content (AvgIpc) is 2.70. The number of benzene rings is 1. The Hall–Kier alpha value is -2.88. The summed E-state index contributed by atoms with van der Waals surface area (Å²) in [7, 11) is 0. The number of nitrogens with one attached hydrogen (secondary N) is 1. The number of esters is 1. The van der Waals surface area contributed by atoms with Gasteiger partial charge in [0.1, 0.15) is 22.2 Å². The van der Waals surface area contributed by atoms with Crippen LogP contribution in [-0.4, -0.2) is 66.2 Å². The number of carbonyl (C=O) groups is 2. The second-order valence-corrected chi connectivity index (χ2v) is 6.52. The first-order chi connectivity index (χ1) is 13.9. The average molecular weight is 424 g/mol. The molecule has 10 heteroatoms. The van der Waals surface area contributed by atoms with Crippen molar-refractivity contribution in [2.45, 2.75) is 13.8 Å². The molecule has 1 saturated heterocycles. The van der Waals surface area contributed by atoms with Crippen LogP contribution in [0.5, 0.6) is 0 Å². The lowest BCUT2D eigenvalue weighted by molar-refractivity contribution is -0.138. The lowest BCUT2D eigenvalue weighted by atomic mass is 10.2. The van der Waals surface area contributed by atoms with Gasteiger partial charge >= 0.3 is 12.1 Å². The number of hydrogen-bond acceptors (Lipinski definition) is 7. The summed E-state index contributed by atoms with van der Waals surface area (Å²) in [5, 5.41) is 2.89. The van der Waals surface area contributed by atoms with Crippen molar-refractivity contribution in [1.29, 1.82) is 0 Å². The van der Waals surface area contributed by atoms with Gasteiger partial charge in [0, 0.05) is 31.9 Å². The zero-order valence-electron chi connectivity index (χ0n) is 16.4. The van der Waals surface area contributed by atoms with Crippen molar-refractivity contribution in [3.05, 3.63) is 41.5 Å². The van der Waals surface area contributed by atoms with Gasteiger partial charge in [-0.2, -0.15) is 0 Å². The number of carbonyl (C=O) groups excluding carboxylic acids is 2. The molecule has 0 bridgehead atoms. The molecule has 3 N–H and O–H groups in total. The molecule has 0 radical (unpaired) electrons. The SMILES string of the molecule is CCOC(=O)/C(C(=S)Nc1ccc(F)cc1)=C(/N)N1CCN(C(=O)OCC)CC1. The summed E-state index contributed by atoms with van der Waals surface area (Å²) in [6.07, 6.45) is -0.381. The predicted octanol–water partition coefficient (Wildman–Crippen LogP) is 2.07. The number of rotatable bonds is 6. The number of ether oxygens (including phenoxy) is 2. The van der Waals surface area contributed by atoms with Crippen LogP contribution in [0.4, 0.5) is 14.9 Å². The highest BCUT2D eigenvalue weighted by atomic mass is 32.1. The third kappa shape index (κ3) is 6.05. The van der Waals surface area contributed by atoms with E-state index >= 15 is 0 Å². The molecular formula is C19H25FN4O4S. The van der Waals surface area contributed by atoms with E-state index in [9.17, 15) is 14.0 Å². The summed E-state index contributed by atoms with van der Waals surface area (Å²) in [4.78, 5) is 27.8. The molecule has 0 aliphatic carbocycles. The Morgan fingerprint density at radius 2 is 1.62 bits per heavy atom. The highest BCUT2D eigenvalue weighted by molar-refractivity contribution is 7.81. The summed E-state index contributed by atoms with van der Waals surface area (Å²) in [5.74, 6) is -0.884. The lowest BCUT2D eigenvalue weighted by Gasteiger charge is -2.36. The molecule has 0 unspecified atom stereocenters. The van der Waals surface area contributed by atoms with Crippen molar-refractivity contribution >= 4 is 35.0 Å². The number of nitrogens with two attached hydrogens (primary N) is 1. The van der Waals surface area contributed by atoms with Gasteiger partial charge < -0.3 is 30.3 Å². The first-order valence-corrected chi connectivity index (χ1v) is 9.68. The number of anilines is 1. The quantitative estimate of drug-likeness (QED) is 0.407. The van der Waals surface area contributed by atoms with Crippen LogP contribution in [-0.2, 0) is 14.3 Å². The molecule has 0 spiro atoms. The molecule has 0 aromatic heterocycles. The maximum absolute atomic E-state index is 13.1. The predicted molar refractivity (Wildman–Crippen MR) is 111 cm³/mol. The molecule has 2 rings (SSSR count). The van der Waals surface area contributed by atoms with Crippen molar-refractivity contribution < 1.29 is 23.5 Å². The summed E-state index contributed by atoms with van der Waals surface area (Å²) in [6, 6.07) is 5.55. The number of hydrogen-bond donors (Lipinski definition) is 2. The van der Waals surface area contributed by atoms with Crippen molar-refractivity contribution in [3.63, 3.8) is 0 Å². The molecule has 29 heavy (non-hydrogen) atoms. The third-order valence-corrected chi connectivity index (χ3v) is 4.52. The van der Waals surface area contributed by atoms with Crippen LogP contribution in [0.3, 0.4) is 0 Å². The topological polar surface area (TPSA) is 97.1 Å². The van der Waals surface area contributed by atoms with Crippen LogP contribution >= 0.6 is 12.2 Å². The monoisotopic (exact) mass is 424 g/mol. The fourth-order valence-corrected chi connectivity index (χ4v) is 3.05. The first-order valence-electron chi connectivity index (χ1n) is 9.27. The van der Waals surface area contributed by atoms with E-state index in [2.05, 4.69) is 5.32 Å². The van der Waals surface area contributed by atoms with E-state index < -0.39 is 5.97 Å². The Labute approximate surface area is 174 Å². The molecule has 158 valence electrons. The van der Waals surface area contributed by atoms with Crippen LogP contribution in [0.15, 0.2) is 35.7 Å². The van der Waals surface area contributed by atoms with Gasteiger partial charge in [-0.25, -0.2) is 14.0 Å². The number of piperazine rings is 1. The number of nitrogens with zero attached hydrogens (tertiary/aromatic N) is 2. The molecule has 8 nitrogen and oxygen atoms in total. The smallest absolute Gasteiger partial charge is 0.409 e. The van der Waals surface area contributed by atoms with Crippen LogP contribution in [0, 0.1) is 5.82 Å². The minimum absolute atomic E-state index is 0.0239. The highest BCUT2D eigenvalue weighted by Gasteiger charge is 2.28. The Balaban J connectivity index is 2.18. The minimum atomic E-state index is -0.655. The molecule has 1 fully saturated rings. The van der Waals surface area contributed by atoms with Gasteiger partial charge in [0.05, 0.1) is 13.2 Å². The van der Waals surface area contributed by atoms with Crippen molar-refractivity contribution in [3.8, 4) is 0 Å². The van der Waals surface area contributed by atoms with Crippen molar-refractivity contribution in [2.75, 3.05) is 44.7 Å². The van der Waals surface area contributed by atoms with Gasteiger partial charge in [0.25, 0.3) is 0 Å². The summed E-state index contributed by atoms with van der Waals surface area (Å²) < 4.78 is 23.2. The fourth-order valence-electron chi connectivity index (χ4n) is 2.75. The van der Waals surface area contributed by atoms with E-state index in [-0.39, 0.29) is 34.9 Å². The Bertz CT molecular complexity index is 777. The molecule has 1 aromatic carbocycles. The van der Waals surface area contributed by atoms with E-state index in [1.165, 1.54) is 24.3 Å². The van der Waals surface area contributed by atoms with E-state index in [1.54, 1.807) is 23.6 Å². The van der Waals surface area contributed by atoms with Gasteiger partial charge in [-0.05, 0) is 38.1 Å².